The van der Waals surface area contributed by atoms with E-state index in [1.807, 2.05) is 6.92 Å². The van der Waals surface area contributed by atoms with Crippen LogP contribution in [0, 0.1) is 0 Å². The van der Waals surface area contributed by atoms with Crippen LogP contribution in [-0.2, 0) is 9.53 Å². The molecule has 1 fully saturated rings. The van der Waals surface area contributed by atoms with Crippen molar-refractivity contribution in [2.75, 3.05) is 19.7 Å². The first-order chi connectivity index (χ1) is 8.19. The molecule has 0 spiro atoms. The average Bonchev–Trinajstić information content (AvgIpc) is 2.34. The van der Waals surface area contributed by atoms with E-state index in [4.69, 9.17) is 9.84 Å². The zero-order valence-electron chi connectivity index (χ0n) is 11.0. The van der Waals surface area contributed by atoms with Gasteiger partial charge in [-0.25, -0.2) is 4.79 Å². The number of carboxylic acids is 1. The third-order valence-corrected chi connectivity index (χ3v) is 3.54. The molecule has 4 heteroatoms. The van der Waals surface area contributed by atoms with Crippen molar-refractivity contribution >= 4 is 5.97 Å². The summed E-state index contributed by atoms with van der Waals surface area (Å²) in [7, 11) is 0. The molecule has 0 aliphatic carbocycles. The third-order valence-electron chi connectivity index (χ3n) is 3.54. The Morgan fingerprint density at radius 2 is 2.24 bits per heavy atom. The molecular weight excluding hydrogens is 218 g/mol. The van der Waals surface area contributed by atoms with Gasteiger partial charge in [0.2, 0.25) is 0 Å². The Kier molecular flexibility index (Phi) is 6.52. The van der Waals surface area contributed by atoms with E-state index in [9.17, 15) is 4.79 Å². The second-order valence-corrected chi connectivity index (χ2v) is 4.66. The molecule has 0 aromatic heterocycles. The van der Waals surface area contributed by atoms with Gasteiger partial charge >= 0.3 is 5.97 Å². The summed E-state index contributed by atoms with van der Waals surface area (Å²) in [5.74, 6) is -0.836. The fourth-order valence-electron chi connectivity index (χ4n) is 2.58. The number of carbonyl (C=O) groups is 1. The van der Waals surface area contributed by atoms with Gasteiger partial charge in [0.05, 0.1) is 0 Å². The molecule has 1 saturated heterocycles. The summed E-state index contributed by atoms with van der Waals surface area (Å²) in [5.41, 5.74) is 0. The van der Waals surface area contributed by atoms with Crippen molar-refractivity contribution in [2.45, 2.75) is 58.1 Å². The molecule has 0 saturated carbocycles. The maximum absolute atomic E-state index is 11.0. The molecule has 0 aromatic rings. The SMILES string of the molecule is CCOC(CCN1CCCCC1CC)C(=O)O. The van der Waals surface area contributed by atoms with E-state index in [1.165, 1.54) is 19.3 Å². The van der Waals surface area contributed by atoms with E-state index >= 15 is 0 Å². The largest absolute Gasteiger partial charge is 0.479 e. The summed E-state index contributed by atoms with van der Waals surface area (Å²) in [6.07, 6.45) is 4.92. The van der Waals surface area contributed by atoms with Crippen molar-refractivity contribution in [3.8, 4) is 0 Å². The highest BCUT2D eigenvalue weighted by Gasteiger charge is 2.23. The second-order valence-electron chi connectivity index (χ2n) is 4.66. The van der Waals surface area contributed by atoms with Gasteiger partial charge in [-0.15, -0.1) is 0 Å². The predicted octanol–water partition coefficient (Wildman–Crippen LogP) is 2.13. The average molecular weight is 243 g/mol. The normalized spacial score (nSPS) is 23.5. The summed E-state index contributed by atoms with van der Waals surface area (Å²) in [4.78, 5) is 13.4. The van der Waals surface area contributed by atoms with Crippen molar-refractivity contribution < 1.29 is 14.6 Å². The summed E-state index contributed by atoms with van der Waals surface area (Å²) in [6, 6.07) is 0.639. The number of hydrogen-bond donors (Lipinski definition) is 1. The van der Waals surface area contributed by atoms with E-state index in [1.54, 1.807) is 0 Å². The first-order valence-corrected chi connectivity index (χ1v) is 6.77. The Hall–Kier alpha value is -0.610. The molecule has 2 atom stereocenters. The highest BCUT2D eigenvalue weighted by molar-refractivity contribution is 5.72. The molecule has 1 rings (SSSR count). The quantitative estimate of drug-likeness (QED) is 0.744. The van der Waals surface area contributed by atoms with Crippen LogP contribution in [0.25, 0.3) is 0 Å². The van der Waals surface area contributed by atoms with Crippen LogP contribution in [-0.4, -0.2) is 47.8 Å². The summed E-state index contributed by atoms with van der Waals surface area (Å²) < 4.78 is 5.24. The van der Waals surface area contributed by atoms with Crippen molar-refractivity contribution in [1.29, 1.82) is 0 Å². The fourth-order valence-corrected chi connectivity index (χ4v) is 2.58. The zero-order chi connectivity index (χ0) is 12.7. The van der Waals surface area contributed by atoms with Gasteiger partial charge in [0.25, 0.3) is 0 Å². The predicted molar refractivity (Wildman–Crippen MR) is 67.2 cm³/mol. The Morgan fingerprint density at radius 3 is 2.82 bits per heavy atom. The van der Waals surface area contributed by atoms with Crippen LogP contribution >= 0.6 is 0 Å². The molecule has 1 N–H and O–H groups in total. The monoisotopic (exact) mass is 243 g/mol. The molecule has 4 nitrogen and oxygen atoms in total. The van der Waals surface area contributed by atoms with Gasteiger partial charge in [-0.1, -0.05) is 13.3 Å². The molecule has 1 aliphatic heterocycles. The highest BCUT2D eigenvalue weighted by Crippen LogP contribution is 2.20. The van der Waals surface area contributed by atoms with Crippen LogP contribution in [0.15, 0.2) is 0 Å². The molecule has 0 aromatic carbocycles. The number of nitrogens with zero attached hydrogens (tertiary/aromatic N) is 1. The number of carboxylic acid groups (broad SMARTS) is 1. The number of likely N-dealkylation sites (tertiary alicyclic amines) is 1. The maximum Gasteiger partial charge on any atom is 0.332 e. The lowest BCUT2D eigenvalue weighted by Crippen LogP contribution is -2.41. The van der Waals surface area contributed by atoms with Crippen LogP contribution in [0.1, 0.15) is 46.0 Å². The molecular formula is C13H25NO3. The Labute approximate surface area is 104 Å². The standard InChI is InChI=1S/C13H25NO3/c1-3-11-7-5-6-9-14(11)10-8-12(13(15)16)17-4-2/h11-12H,3-10H2,1-2H3,(H,15,16). The molecule has 1 heterocycles. The van der Waals surface area contributed by atoms with E-state index in [0.717, 1.165) is 19.5 Å². The van der Waals surface area contributed by atoms with Gasteiger partial charge < -0.3 is 14.7 Å². The summed E-state index contributed by atoms with van der Waals surface area (Å²) in [6.45, 7) is 6.46. The lowest BCUT2D eigenvalue weighted by molar-refractivity contribution is -0.150. The van der Waals surface area contributed by atoms with Gasteiger partial charge in [0.15, 0.2) is 6.10 Å². The van der Waals surface area contributed by atoms with E-state index < -0.39 is 12.1 Å². The highest BCUT2D eigenvalue weighted by atomic mass is 16.5. The second kappa shape index (κ2) is 7.67. The summed E-state index contributed by atoms with van der Waals surface area (Å²) >= 11 is 0. The molecule has 1 aliphatic rings. The van der Waals surface area contributed by atoms with Gasteiger partial charge in [-0.3, -0.25) is 0 Å². The van der Waals surface area contributed by atoms with Crippen LogP contribution in [0.3, 0.4) is 0 Å². The number of aliphatic carboxylic acids is 1. The summed E-state index contributed by atoms with van der Waals surface area (Å²) in [5, 5.41) is 9.01. The number of rotatable bonds is 7. The first kappa shape index (κ1) is 14.5. The maximum atomic E-state index is 11.0. The van der Waals surface area contributed by atoms with Gasteiger partial charge in [0, 0.05) is 19.2 Å². The first-order valence-electron chi connectivity index (χ1n) is 6.77. The van der Waals surface area contributed by atoms with Gasteiger partial charge in [0.1, 0.15) is 0 Å². The topological polar surface area (TPSA) is 49.8 Å². The van der Waals surface area contributed by atoms with Crippen LogP contribution < -0.4 is 0 Å². The lowest BCUT2D eigenvalue weighted by Gasteiger charge is -2.35. The Bertz CT molecular complexity index is 233. The van der Waals surface area contributed by atoms with E-state index in [0.29, 0.717) is 19.1 Å². The van der Waals surface area contributed by atoms with Crippen LogP contribution in [0.2, 0.25) is 0 Å². The van der Waals surface area contributed by atoms with Gasteiger partial charge in [-0.2, -0.15) is 0 Å². The van der Waals surface area contributed by atoms with Crippen LogP contribution in [0.4, 0.5) is 0 Å². The van der Waals surface area contributed by atoms with Crippen molar-refractivity contribution in [3.63, 3.8) is 0 Å². The Balaban J connectivity index is 2.38. The minimum Gasteiger partial charge on any atom is -0.479 e. The number of hydrogen-bond acceptors (Lipinski definition) is 3. The third kappa shape index (κ3) is 4.64. The Morgan fingerprint density at radius 1 is 1.47 bits per heavy atom. The zero-order valence-corrected chi connectivity index (χ0v) is 11.0. The van der Waals surface area contributed by atoms with Crippen LogP contribution in [0.5, 0.6) is 0 Å². The smallest absolute Gasteiger partial charge is 0.332 e. The van der Waals surface area contributed by atoms with Crippen molar-refractivity contribution in [2.24, 2.45) is 0 Å². The lowest BCUT2D eigenvalue weighted by atomic mass is 9.99. The molecule has 0 bridgehead atoms. The van der Waals surface area contributed by atoms with Crippen molar-refractivity contribution in [1.82, 2.24) is 4.90 Å². The minimum atomic E-state index is -0.836. The van der Waals surface area contributed by atoms with E-state index in [2.05, 4.69) is 11.8 Å². The van der Waals surface area contributed by atoms with E-state index in [-0.39, 0.29) is 0 Å². The molecule has 100 valence electrons. The molecule has 0 radical (unpaired) electrons. The van der Waals surface area contributed by atoms with Gasteiger partial charge in [-0.05, 0) is 39.2 Å². The molecule has 0 amide bonds. The number of ether oxygens (including phenoxy) is 1. The minimum absolute atomic E-state index is 0.466. The fraction of sp³-hybridized carbons (Fsp3) is 0.923. The molecule has 17 heavy (non-hydrogen) atoms. The van der Waals surface area contributed by atoms with Crippen molar-refractivity contribution in [3.05, 3.63) is 0 Å². The molecule has 2 unspecified atom stereocenters. The number of piperidine rings is 1.